The van der Waals surface area contributed by atoms with E-state index in [9.17, 15) is 9.59 Å². The molecule has 0 aliphatic carbocycles. The largest absolute Gasteiger partial charge is 0.355 e. The van der Waals surface area contributed by atoms with Crippen molar-refractivity contribution in [2.45, 2.75) is 32.3 Å². The fourth-order valence-electron chi connectivity index (χ4n) is 4.38. The number of benzene rings is 3. The molecule has 0 spiro atoms. The molecule has 0 aliphatic rings. The van der Waals surface area contributed by atoms with Crippen molar-refractivity contribution in [1.82, 2.24) is 24.5 Å². The van der Waals surface area contributed by atoms with Crippen LogP contribution in [-0.2, 0) is 11.2 Å². The Kier molecular flexibility index (Phi) is 6.61. The Labute approximate surface area is 213 Å². The van der Waals surface area contributed by atoms with E-state index in [1.54, 1.807) is 4.57 Å². The van der Waals surface area contributed by atoms with E-state index in [1.165, 1.54) is 22.9 Å². The Morgan fingerprint density at radius 1 is 0.917 bits per heavy atom. The minimum absolute atomic E-state index is 0.0718. The van der Waals surface area contributed by atoms with Crippen LogP contribution in [-0.4, -0.2) is 37.4 Å². The molecule has 5 rings (SSSR count). The molecule has 0 bridgehead atoms. The number of carbonyl (C=O) groups is 1. The van der Waals surface area contributed by atoms with Crippen molar-refractivity contribution in [1.29, 1.82) is 0 Å². The lowest BCUT2D eigenvalue weighted by molar-refractivity contribution is -0.118. The molecule has 0 saturated carbocycles. The van der Waals surface area contributed by atoms with E-state index in [0.717, 1.165) is 23.2 Å². The predicted octanol–water partition coefficient (Wildman–Crippen LogP) is 4.41. The number of para-hydroxylation sites is 1. The molecule has 8 heteroatoms. The van der Waals surface area contributed by atoms with E-state index in [0.29, 0.717) is 28.4 Å². The molecule has 5 aromatic rings. The molecular formula is C28H27N5O2S. The highest BCUT2D eigenvalue weighted by Gasteiger charge is 2.19. The first-order valence-electron chi connectivity index (χ1n) is 11.8. The number of rotatable bonds is 7. The number of amides is 1. The van der Waals surface area contributed by atoms with Gasteiger partial charge in [-0.25, -0.2) is 4.57 Å². The standard InChI is InChI=1S/C28H27N5O2S/c1-18-10-8-14-23(20(18)3)32-26(35)22-12-6-7-13-24(22)33-27(32)30-31-28(33)36-17-25(34)29-16-15-21-11-5-4-9-19(21)2/h4-14H,15-17H2,1-3H3,(H,29,34). The van der Waals surface area contributed by atoms with Crippen LogP contribution in [0.25, 0.3) is 22.4 Å². The maximum absolute atomic E-state index is 13.6. The molecule has 2 aromatic heterocycles. The summed E-state index contributed by atoms with van der Waals surface area (Å²) in [6.45, 7) is 6.66. The minimum atomic E-state index is -0.148. The highest BCUT2D eigenvalue weighted by Crippen LogP contribution is 2.25. The number of aromatic nitrogens is 4. The molecule has 7 nitrogen and oxygen atoms in total. The Hall–Kier alpha value is -3.91. The maximum atomic E-state index is 13.6. The first kappa shape index (κ1) is 23.8. The number of aryl methyl sites for hydroxylation is 2. The summed E-state index contributed by atoms with van der Waals surface area (Å²) < 4.78 is 3.48. The Bertz CT molecular complexity index is 1650. The van der Waals surface area contributed by atoms with Crippen LogP contribution in [0.1, 0.15) is 22.3 Å². The average molecular weight is 498 g/mol. The lowest BCUT2D eigenvalue weighted by Crippen LogP contribution is -2.27. The fraction of sp³-hybridized carbons (Fsp3) is 0.214. The molecule has 182 valence electrons. The zero-order valence-corrected chi connectivity index (χ0v) is 21.3. The van der Waals surface area contributed by atoms with Gasteiger partial charge in [0.15, 0.2) is 5.16 Å². The summed E-state index contributed by atoms with van der Waals surface area (Å²) in [6, 6.07) is 21.5. The second kappa shape index (κ2) is 9.99. The van der Waals surface area contributed by atoms with E-state index >= 15 is 0 Å². The quantitative estimate of drug-likeness (QED) is 0.337. The lowest BCUT2D eigenvalue weighted by Gasteiger charge is -2.14. The van der Waals surface area contributed by atoms with Crippen LogP contribution in [0.3, 0.4) is 0 Å². The summed E-state index contributed by atoms with van der Waals surface area (Å²) in [6.07, 6.45) is 0.781. The second-order valence-corrected chi connectivity index (χ2v) is 9.75. The Morgan fingerprint density at radius 2 is 1.67 bits per heavy atom. The molecule has 2 heterocycles. The summed E-state index contributed by atoms with van der Waals surface area (Å²) in [5, 5.41) is 12.9. The van der Waals surface area contributed by atoms with E-state index in [-0.39, 0.29) is 17.2 Å². The molecule has 0 atom stereocenters. The number of thioether (sulfide) groups is 1. The number of fused-ring (bicyclic) bond motifs is 3. The van der Waals surface area contributed by atoms with Gasteiger partial charge in [-0.1, -0.05) is 60.3 Å². The predicted molar refractivity (Wildman–Crippen MR) is 144 cm³/mol. The van der Waals surface area contributed by atoms with Gasteiger partial charge < -0.3 is 5.32 Å². The molecule has 36 heavy (non-hydrogen) atoms. The van der Waals surface area contributed by atoms with Crippen molar-refractivity contribution in [2.24, 2.45) is 0 Å². The first-order valence-corrected chi connectivity index (χ1v) is 12.8. The van der Waals surface area contributed by atoms with Crippen molar-refractivity contribution >= 4 is 34.3 Å². The zero-order valence-electron chi connectivity index (χ0n) is 20.5. The summed E-state index contributed by atoms with van der Waals surface area (Å²) in [5.41, 5.74) is 5.87. The van der Waals surface area contributed by atoms with Gasteiger partial charge in [0.25, 0.3) is 5.56 Å². The van der Waals surface area contributed by atoms with Gasteiger partial charge in [-0.2, -0.15) is 0 Å². The van der Waals surface area contributed by atoms with Crippen molar-refractivity contribution in [2.75, 3.05) is 12.3 Å². The van der Waals surface area contributed by atoms with Crippen LogP contribution in [0.4, 0.5) is 0 Å². The van der Waals surface area contributed by atoms with Crippen LogP contribution in [0, 0.1) is 20.8 Å². The van der Waals surface area contributed by atoms with Crippen LogP contribution in [0.5, 0.6) is 0 Å². The van der Waals surface area contributed by atoms with E-state index in [2.05, 4.69) is 34.6 Å². The number of carbonyl (C=O) groups excluding carboxylic acids is 1. The van der Waals surface area contributed by atoms with Gasteiger partial charge in [-0.3, -0.25) is 14.0 Å². The van der Waals surface area contributed by atoms with Crippen molar-refractivity contribution < 1.29 is 4.79 Å². The highest BCUT2D eigenvalue weighted by atomic mass is 32.2. The SMILES string of the molecule is Cc1ccccc1CCNC(=O)CSc1nnc2n(-c3cccc(C)c3C)c(=O)c3ccccc3n12. The molecule has 0 aliphatic heterocycles. The van der Waals surface area contributed by atoms with Crippen molar-refractivity contribution in [3.8, 4) is 5.69 Å². The smallest absolute Gasteiger partial charge is 0.267 e. The van der Waals surface area contributed by atoms with Gasteiger partial charge in [-0.15, -0.1) is 10.2 Å². The summed E-state index contributed by atoms with van der Waals surface area (Å²) in [5.74, 6) is 0.554. The molecule has 0 fully saturated rings. The third-order valence-electron chi connectivity index (χ3n) is 6.52. The topological polar surface area (TPSA) is 81.3 Å². The van der Waals surface area contributed by atoms with Gasteiger partial charge in [0.1, 0.15) is 0 Å². The van der Waals surface area contributed by atoms with Gasteiger partial charge in [0, 0.05) is 6.54 Å². The minimum Gasteiger partial charge on any atom is -0.355 e. The normalized spacial score (nSPS) is 11.3. The first-order chi connectivity index (χ1) is 17.5. The van der Waals surface area contributed by atoms with Crippen molar-refractivity contribution in [3.05, 3.63) is 99.3 Å². The molecule has 1 N–H and O–H groups in total. The number of nitrogens with one attached hydrogen (secondary N) is 1. The molecule has 0 radical (unpaired) electrons. The zero-order chi connectivity index (χ0) is 25.2. The lowest BCUT2D eigenvalue weighted by atomic mass is 10.1. The highest BCUT2D eigenvalue weighted by molar-refractivity contribution is 7.99. The summed E-state index contributed by atoms with van der Waals surface area (Å²) in [4.78, 5) is 26.1. The van der Waals surface area contributed by atoms with E-state index in [1.807, 2.05) is 72.8 Å². The maximum Gasteiger partial charge on any atom is 0.267 e. The average Bonchev–Trinajstić information content (AvgIpc) is 3.30. The van der Waals surface area contributed by atoms with Crippen LogP contribution in [0.2, 0.25) is 0 Å². The van der Waals surface area contributed by atoms with E-state index in [4.69, 9.17) is 0 Å². The number of nitrogens with zero attached hydrogens (tertiary/aromatic N) is 4. The third kappa shape index (κ3) is 4.40. The Balaban J connectivity index is 1.45. The fourth-order valence-corrected chi connectivity index (χ4v) is 5.15. The van der Waals surface area contributed by atoms with Gasteiger partial charge >= 0.3 is 0 Å². The monoisotopic (exact) mass is 497 g/mol. The van der Waals surface area contributed by atoms with Crippen LogP contribution < -0.4 is 10.9 Å². The molecule has 0 unspecified atom stereocenters. The summed E-state index contributed by atoms with van der Waals surface area (Å²) in [7, 11) is 0. The summed E-state index contributed by atoms with van der Waals surface area (Å²) >= 11 is 1.31. The van der Waals surface area contributed by atoms with Gasteiger partial charge in [0.2, 0.25) is 11.7 Å². The van der Waals surface area contributed by atoms with Crippen LogP contribution in [0.15, 0.2) is 76.7 Å². The number of hydrogen-bond acceptors (Lipinski definition) is 5. The van der Waals surface area contributed by atoms with E-state index < -0.39 is 0 Å². The molecule has 0 saturated heterocycles. The van der Waals surface area contributed by atoms with Crippen LogP contribution >= 0.6 is 11.8 Å². The molecular weight excluding hydrogens is 470 g/mol. The Morgan fingerprint density at radius 3 is 2.50 bits per heavy atom. The van der Waals surface area contributed by atoms with Crippen molar-refractivity contribution in [3.63, 3.8) is 0 Å². The molecule has 1 amide bonds. The third-order valence-corrected chi connectivity index (χ3v) is 7.45. The van der Waals surface area contributed by atoms with Gasteiger partial charge in [-0.05, 0) is 67.6 Å². The number of hydrogen-bond donors (Lipinski definition) is 1. The van der Waals surface area contributed by atoms with Gasteiger partial charge in [0.05, 0.1) is 22.3 Å². The molecule has 3 aromatic carbocycles. The second-order valence-electron chi connectivity index (χ2n) is 8.81.